The Morgan fingerprint density at radius 2 is 2.00 bits per heavy atom. The summed E-state index contributed by atoms with van der Waals surface area (Å²) in [5.74, 6) is 0.874. The van der Waals surface area contributed by atoms with Crippen molar-refractivity contribution in [3.63, 3.8) is 0 Å². The number of aryl methyl sites for hydroxylation is 1. The SMILES string of the molecule is Cc1cccc(-c2nnc3ccc(NC4CCOCC4)cn23)c1. The number of anilines is 1. The van der Waals surface area contributed by atoms with Gasteiger partial charge in [0.15, 0.2) is 11.5 Å². The van der Waals surface area contributed by atoms with Gasteiger partial charge in [0, 0.05) is 31.0 Å². The van der Waals surface area contributed by atoms with E-state index in [9.17, 15) is 0 Å². The number of benzene rings is 1. The fourth-order valence-corrected chi connectivity index (χ4v) is 3.03. The van der Waals surface area contributed by atoms with E-state index in [1.165, 1.54) is 5.56 Å². The molecule has 1 aliphatic rings. The molecule has 0 radical (unpaired) electrons. The van der Waals surface area contributed by atoms with Gasteiger partial charge < -0.3 is 10.1 Å². The zero-order valence-corrected chi connectivity index (χ0v) is 13.2. The molecule has 0 spiro atoms. The standard InChI is InChI=1S/C18H20N4O/c1-13-3-2-4-14(11-13)18-21-20-17-6-5-16(12-22(17)18)19-15-7-9-23-10-8-15/h2-6,11-12,15,19H,7-10H2,1H3. The van der Waals surface area contributed by atoms with Gasteiger partial charge in [0.05, 0.1) is 5.69 Å². The summed E-state index contributed by atoms with van der Waals surface area (Å²) in [6.07, 6.45) is 4.18. The summed E-state index contributed by atoms with van der Waals surface area (Å²) in [5.41, 5.74) is 4.26. The molecule has 1 aromatic carbocycles. The van der Waals surface area contributed by atoms with E-state index in [0.717, 1.165) is 48.8 Å². The first-order valence-electron chi connectivity index (χ1n) is 8.06. The number of rotatable bonds is 3. The second kappa shape index (κ2) is 6.01. The molecule has 0 bridgehead atoms. The Morgan fingerprint density at radius 3 is 2.83 bits per heavy atom. The number of fused-ring (bicyclic) bond motifs is 1. The second-order valence-electron chi connectivity index (χ2n) is 6.07. The average Bonchev–Trinajstić information content (AvgIpc) is 2.99. The van der Waals surface area contributed by atoms with E-state index in [4.69, 9.17) is 4.74 Å². The molecule has 3 aromatic rings. The van der Waals surface area contributed by atoms with Gasteiger partial charge in [-0.2, -0.15) is 0 Å². The van der Waals surface area contributed by atoms with Crippen LogP contribution in [0.4, 0.5) is 5.69 Å². The van der Waals surface area contributed by atoms with Crippen LogP contribution in [-0.4, -0.2) is 33.9 Å². The normalized spacial score (nSPS) is 15.9. The lowest BCUT2D eigenvalue weighted by Crippen LogP contribution is -2.27. The predicted octanol–water partition coefficient (Wildman–Crippen LogP) is 3.30. The number of nitrogens with zero attached hydrogens (tertiary/aromatic N) is 3. The number of hydrogen-bond donors (Lipinski definition) is 1. The molecule has 2 aromatic heterocycles. The highest BCUT2D eigenvalue weighted by molar-refractivity contribution is 5.62. The van der Waals surface area contributed by atoms with Gasteiger partial charge in [-0.3, -0.25) is 4.40 Å². The Morgan fingerprint density at radius 1 is 1.13 bits per heavy atom. The number of pyridine rings is 1. The highest BCUT2D eigenvalue weighted by Gasteiger charge is 2.14. The fraction of sp³-hybridized carbons (Fsp3) is 0.333. The minimum Gasteiger partial charge on any atom is -0.381 e. The van der Waals surface area contributed by atoms with Gasteiger partial charge in [-0.1, -0.05) is 23.8 Å². The molecule has 1 N–H and O–H groups in total. The van der Waals surface area contributed by atoms with E-state index >= 15 is 0 Å². The Labute approximate surface area is 135 Å². The van der Waals surface area contributed by atoms with Crippen molar-refractivity contribution in [1.82, 2.24) is 14.6 Å². The summed E-state index contributed by atoms with van der Waals surface area (Å²) in [5, 5.41) is 12.2. The third kappa shape index (κ3) is 2.92. The van der Waals surface area contributed by atoms with Crippen molar-refractivity contribution in [3.8, 4) is 11.4 Å². The smallest absolute Gasteiger partial charge is 0.168 e. The van der Waals surface area contributed by atoms with Crippen LogP contribution < -0.4 is 5.32 Å². The topological polar surface area (TPSA) is 51.5 Å². The van der Waals surface area contributed by atoms with Crippen molar-refractivity contribution < 1.29 is 4.74 Å². The molecule has 5 heteroatoms. The summed E-state index contributed by atoms with van der Waals surface area (Å²) < 4.78 is 7.47. The molecule has 23 heavy (non-hydrogen) atoms. The van der Waals surface area contributed by atoms with Gasteiger partial charge in [0.2, 0.25) is 0 Å². The molecular formula is C18H20N4O. The largest absolute Gasteiger partial charge is 0.381 e. The average molecular weight is 308 g/mol. The van der Waals surface area contributed by atoms with Crippen LogP contribution in [-0.2, 0) is 4.74 Å². The number of ether oxygens (including phenoxy) is 1. The zero-order valence-electron chi connectivity index (χ0n) is 13.2. The van der Waals surface area contributed by atoms with Crippen molar-refractivity contribution in [2.24, 2.45) is 0 Å². The molecule has 3 heterocycles. The molecule has 4 rings (SSSR count). The van der Waals surface area contributed by atoms with E-state index < -0.39 is 0 Å². The van der Waals surface area contributed by atoms with E-state index in [1.807, 2.05) is 6.07 Å². The van der Waals surface area contributed by atoms with Crippen LogP contribution >= 0.6 is 0 Å². The molecule has 0 unspecified atom stereocenters. The van der Waals surface area contributed by atoms with Crippen molar-refractivity contribution in [3.05, 3.63) is 48.2 Å². The Kier molecular flexibility index (Phi) is 3.71. The maximum absolute atomic E-state index is 5.42. The predicted molar refractivity (Wildman–Crippen MR) is 90.6 cm³/mol. The zero-order chi connectivity index (χ0) is 15.6. The highest BCUT2D eigenvalue weighted by atomic mass is 16.5. The van der Waals surface area contributed by atoms with Gasteiger partial charge in [0.25, 0.3) is 0 Å². The van der Waals surface area contributed by atoms with E-state index in [-0.39, 0.29) is 0 Å². The molecule has 0 atom stereocenters. The minimum absolute atomic E-state index is 0.472. The Hall–Kier alpha value is -2.40. The molecule has 0 saturated carbocycles. The third-order valence-electron chi connectivity index (χ3n) is 4.27. The highest BCUT2D eigenvalue weighted by Crippen LogP contribution is 2.22. The first-order valence-corrected chi connectivity index (χ1v) is 8.06. The van der Waals surface area contributed by atoms with Crippen molar-refractivity contribution in [1.29, 1.82) is 0 Å². The van der Waals surface area contributed by atoms with Crippen LogP contribution in [0, 0.1) is 6.92 Å². The monoisotopic (exact) mass is 308 g/mol. The quantitative estimate of drug-likeness (QED) is 0.806. The van der Waals surface area contributed by atoms with E-state index in [2.05, 4.69) is 63.4 Å². The Bertz CT molecular complexity index is 821. The van der Waals surface area contributed by atoms with Gasteiger partial charge in [-0.25, -0.2) is 0 Å². The fourth-order valence-electron chi connectivity index (χ4n) is 3.03. The summed E-state index contributed by atoms with van der Waals surface area (Å²) in [4.78, 5) is 0. The first kappa shape index (κ1) is 14.2. The van der Waals surface area contributed by atoms with E-state index in [0.29, 0.717) is 6.04 Å². The lowest BCUT2D eigenvalue weighted by molar-refractivity contribution is 0.0904. The van der Waals surface area contributed by atoms with Crippen molar-refractivity contribution in [2.45, 2.75) is 25.8 Å². The van der Waals surface area contributed by atoms with Crippen LogP contribution in [0.3, 0.4) is 0 Å². The number of hydrogen-bond acceptors (Lipinski definition) is 4. The minimum atomic E-state index is 0.472. The lowest BCUT2D eigenvalue weighted by Gasteiger charge is -2.24. The van der Waals surface area contributed by atoms with Crippen LogP contribution in [0.15, 0.2) is 42.6 Å². The summed E-state index contributed by atoms with van der Waals surface area (Å²) in [6, 6.07) is 12.9. The van der Waals surface area contributed by atoms with Gasteiger partial charge in [-0.15, -0.1) is 10.2 Å². The molecule has 1 fully saturated rings. The van der Waals surface area contributed by atoms with Gasteiger partial charge in [0.1, 0.15) is 0 Å². The molecule has 5 nitrogen and oxygen atoms in total. The number of aromatic nitrogens is 3. The first-order chi connectivity index (χ1) is 11.3. The van der Waals surface area contributed by atoms with Crippen molar-refractivity contribution >= 4 is 11.3 Å². The summed E-state index contributed by atoms with van der Waals surface area (Å²) in [7, 11) is 0. The molecule has 118 valence electrons. The van der Waals surface area contributed by atoms with Crippen LogP contribution in [0.2, 0.25) is 0 Å². The Balaban J connectivity index is 1.68. The van der Waals surface area contributed by atoms with Crippen LogP contribution in [0.5, 0.6) is 0 Å². The van der Waals surface area contributed by atoms with Crippen molar-refractivity contribution in [2.75, 3.05) is 18.5 Å². The maximum atomic E-state index is 5.42. The second-order valence-corrected chi connectivity index (χ2v) is 6.07. The molecule has 0 aliphatic carbocycles. The molecule has 1 saturated heterocycles. The molecule has 1 aliphatic heterocycles. The van der Waals surface area contributed by atoms with Crippen LogP contribution in [0.1, 0.15) is 18.4 Å². The van der Waals surface area contributed by atoms with E-state index in [1.54, 1.807) is 0 Å². The lowest BCUT2D eigenvalue weighted by atomic mass is 10.1. The summed E-state index contributed by atoms with van der Waals surface area (Å²) >= 11 is 0. The molecule has 0 amide bonds. The van der Waals surface area contributed by atoms with Gasteiger partial charge in [-0.05, 0) is 38.0 Å². The van der Waals surface area contributed by atoms with Crippen LogP contribution in [0.25, 0.3) is 17.0 Å². The summed E-state index contributed by atoms with van der Waals surface area (Å²) in [6.45, 7) is 3.76. The maximum Gasteiger partial charge on any atom is 0.168 e. The number of nitrogens with one attached hydrogen (secondary N) is 1. The molecular weight excluding hydrogens is 288 g/mol. The van der Waals surface area contributed by atoms with Gasteiger partial charge >= 0.3 is 0 Å². The third-order valence-corrected chi connectivity index (χ3v) is 4.27.